The van der Waals surface area contributed by atoms with Crippen molar-refractivity contribution in [2.24, 2.45) is 0 Å². The highest BCUT2D eigenvalue weighted by molar-refractivity contribution is 6.62. The van der Waals surface area contributed by atoms with Gasteiger partial charge in [-0.3, -0.25) is 4.79 Å². The summed E-state index contributed by atoms with van der Waals surface area (Å²) in [6, 6.07) is 5.74. The summed E-state index contributed by atoms with van der Waals surface area (Å²) in [5.41, 5.74) is 2.30. The second kappa shape index (κ2) is 3.62. The maximum absolute atomic E-state index is 11.3. The molecule has 1 aromatic rings. The Kier molecular flexibility index (Phi) is 2.28. The predicted octanol–water partition coefficient (Wildman–Crippen LogP) is 1.22. The number of carbonyl (C=O) groups excluding carboxylic acids is 1. The van der Waals surface area contributed by atoms with Gasteiger partial charge in [0.2, 0.25) is 5.91 Å². The fraction of sp³-hybridized carbons (Fsp3) is 0.308. The van der Waals surface area contributed by atoms with Crippen molar-refractivity contribution in [2.75, 3.05) is 5.32 Å². The predicted molar refractivity (Wildman–Crippen MR) is 69.6 cm³/mol. The van der Waals surface area contributed by atoms with Gasteiger partial charge in [-0.1, -0.05) is 18.7 Å². The second-order valence-corrected chi connectivity index (χ2v) is 5.14. The molecule has 0 spiro atoms. The largest absolute Gasteiger partial charge is 0.563 e. The fourth-order valence-electron chi connectivity index (χ4n) is 2.16. The molecule has 1 fully saturated rings. The molecule has 0 atom stereocenters. The van der Waals surface area contributed by atoms with Gasteiger partial charge in [-0.15, -0.1) is 0 Å². The first kappa shape index (κ1) is 11.4. The molecule has 1 amide bonds. The monoisotopic (exact) mass is 243 g/mol. The summed E-state index contributed by atoms with van der Waals surface area (Å²) in [4.78, 5) is 11.3. The number of nitrogens with one attached hydrogen (secondary N) is 1. The third-order valence-corrected chi connectivity index (χ3v) is 3.35. The molecule has 5 heteroatoms. The second-order valence-electron chi connectivity index (χ2n) is 5.14. The summed E-state index contributed by atoms with van der Waals surface area (Å²) in [5, 5.41) is 2.80. The maximum atomic E-state index is 11.3. The standard InChI is InChI=1S/C13H14BNO3/c1-8-13(2,3)18-14(17-8)10-4-5-11-9(6-10)7-12(16)15-11/h4-6H,1,7H2,2-3H3,(H,15,16). The number of fused-ring (bicyclic) bond motifs is 1. The number of rotatable bonds is 1. The van der Waals surface area contributed by atoms with Gasteiger partial charge in [0.15, 0.2) is 0 Å². The van der Waals surface area contributed by atoms with Gasteiger partial charge in [-0.25, -0.2) is 0 Å². The molecule has 18 heavy (non-hydrogen) atoms. The van der Waals surface area contributed by atoms with E-state index in [0.717, 1.165) is 16.7 Å². The smallest absolute Gasteiger partial charge is 0.534 e. The molecule has 2 heterocycles. The van der Waals surface area contributed by atoms with E-state index in [1.165, 1.54) is 0 Å². The van der Waals surface area contributed by atoms with E-state index in [1.807, 2.05) is 32.0 Å². The number of hydrogen-bond donors (Lipinski definition) is 1. The Bertz CT molecular complexity index is 553. The molecule has 1 aromatic carbocycles. The molecule has 4 nitrogen and oxygen atoms in total. The van der Waals surface area contributed by atoms with Crippen LogP contribution in [0.2, 0.25) is 0 Å². The quantitative estimate of drug-likeness (QED) is 0.754. The van der Waals surface area contributed by atoms with E-state index in [9.17, 15) is 4.79 Å². The van der Waals surface area contributed by atoms with Gasteiger partial charge in [0.25, 0.3) is 0 Å². The molecule has 0 radical (unpaired) electrons. The highest BCUT2D eigenvalue weighted by atomic mass is 16.7. The van der Waals surface area contributed by atoms with Crippen LogP contribution in [-0.2, 0) is 20.5 Å². The van der Waals surface area contributed by atoms with Crippen LogP contribution in [0.1, 0.15) is 19.4 Å². The molecule has 0 aromatic heterocycles. The molecule has 0 bridgehead atoms. The SMILES string of the molecule is C=C1OB(c2ccc3c(c2)CC(=O)N3)OC1(C)C. The summed E-state index contributed by atoms with van der Waals surface area (Å²) in [6.07, 6.45) is 0.417. The lowest BCUT2D eigenvalue weighted by molar-refractivity contribution is -0.115. The molecular weight excluding hydrogens is 229 g/mol. The minimum atomic E-state index is -0.474. The van der Waals surface area contributed by atoms with Crippen LogP contribution in [0.25, 0.3) is 0 Å². The number of anilines is 1. The molecule has 0 aliphatic carbocycles. The Labute approximate surface area is 106 Å². The highest BCUT2D eigenvalue weighted by Crippen LogP contribution is 2.30. The maximum Gasteiger partial charge on any atom is 0.563 e. The topological polar surface area (TPSA) is 47.6 Å². The van der Waals surface area contributed by atoms with Gasteiger partial charge in [-0.05, 0) is 30.9 Å². The fourth-order valence-corrected chi connectivity index (χ4v) is 2.16. The zero-order valence-corrected chi connectivity index (χ0v) is 10.4. The Balaban J connectivity index is 1.89. The Morgan fingerprint density at radius 3 is 2.89 bits per heavy atom. The molecule has 0 unspecified atom stereocenters. The van der Waals surface area contributed by atoms with Gasteiger partial charge in [-0.2, -0.15) is 0 Å². The van der Waals surface area contributed by atoms with E-state index >= 15 is 0 Å². The van der Waals surface area contributed by atoms with Crippen molar-refractivity contribution in [2.45, 2.75) is 25.9 Å². The Morgan fingerprint density at radius 2 is 2.22 bits per heavy atom. The third-order valence-electron chi connectivity index (χ3n) is 3.35. The van der Waals surface area contributed by atoms with Crippen molar-refractivity contribution < 1.29 is 14.1 Å². The summed E-state index contributed by atoms with van der Waals surface area (Å²) in [6.45, 7) is 7.70. The van der Waals surface area contributed by atoms with Gasteiger partial charge in [0.1, 0.15) is 5.60 Å². The minimum Gasteiger partial charge on any atom is -0.534 e. The first-order chi connectivity index (χ1) is 8.45. The van der Waals surface area contributed by atoms with Crippen LogP contribution >= 0.6 is 0 Å². The first-order valence-electron chi connectivity index (χ1n) is 5.92. The lowest BCUT2D eigenvalue weighted by Crippen LogP contribution is -2.34. The molecular formula is C13H14BNO3. The van der Waals surface area contributed by atoms with Gasteiger partial charge >= 0.3 is 7.12 Å². The normalized spacial score (nSPS) is 20.7. The van der Waals surface area contributed by atoms with Crippen molar-refractivity contribution in [1.29, 1.82) is 0 Å². The van der Waals surface area contributed by atoms with Gasteiger partial charge in [0.05, 0.1) is 12.2 Å². The van der Waals surface area contributed by atoms with Crippen LogP contribution < -0.4 is 10.8 Å². The molecule has 2 aliphatic heterocycles. The van der Waals surface area contributed by atoms with Crippen molar-refractivity contribution in [3.63, 3.8) is 0 Å². The number of hydrogen-bond acceptors (Lipinski definition) is 3. The number of benzene rings is 1. The summed E-state index contributed by atoms with van der Waals surface area (Å²) < 4.78 is 11.4. The van der Waals surface area contributed by atoms with Crippen molar-refractivity contribution >= 4 is 24.2 Å². The van der Waals surface area contributed by atoms with E-state index in [-0.39, 0.29) is 5.91 Å². The minimum absolute atomic E-state index is 0.0279. The van der Waals surface area contributed by atoms with E-state index in [0.29, 0.717) is 12.2 Å². The van der Waals surface area contributed by atoms with Crippen LogP contribution in [0.5, 0.6) is 0 Å². The zero-order valence-electron chi connectivity index (χ0n) is 10.4. The zero-order chi connectivity index (χ0) is 12.9. The first-order valence-corrected chi connectivity index (χ1v) is 5.92. The van der Waals surface area contributed by atoms with Crippen LogP contribution in [0.15, 0.2) is 30.5 Å². The van der Waals surface area contributed by atoms with Gasteiger partial charge < -0.3 is 14.6 Å². The van der Waals surface area contributed by atoms with Crippen LogP contribution in [0.4, 0.5) is 5.69 Å². The van der Waals surface area contributed by atoms with Crippen molar-refractivity contribution in [3.05, 3.63) is 36.1 Å². The molecule has 1 N–H and O–H groups in total. The molecule has 2 aliphatic rings. The highest BCUT2D eigenvalue weighted by Gasteiger charge is 2.43. The van der Waals surface area contributed by atoms with Crippen molar-refractivity contribution in [1.82, 2.24) is 0 Å². The summed E-state index contributed by atoms with van der Waals surface area (Å²) >= 11 is 0. The number of carbonyl (C=O) groups is 1. The van der Waals surface area contributed by atoms with E-state index in [1.54, 1.807) is 0 Å². The summed E-state index contributed by atoms with van der Waals surface area (Å²) in [7, 11) is -0.437. The lowest BCUT2D eigenvalue weighted by Gasteiger charge is -2.15. The number of amides is 1. The lowest BCUT2D eigenvalue weighted by atomic mass is 9.78. The van der Waals surface area contributed by atoms with Crippen LogP contribution in [0.3, 0.4) is 0 Å². The van der Waals surface area contributed by atoms with E-state index in [2.05, 4.69) is 11.9 Å². The average Bonchev–Trinajstić information content (AvgIpc) is 2.77. The van der Waals surface area contributed by atoms with Crippen LogP contribution in [-0.4, -0.2) is 18.6 Å². The molecule has 1 saturated heterocycles. The summed E-state index contributed by atoms with van der Waals surface area (Å²) in [5.74, 6) is 0.655. The molecule has 3 rings (SSSR count). The average molecular weight is 243 g/mol. The molecule has 0 saturated carbocycles. The van der Waals surface area contributed by atoms with Crippen molar-refractivity contribution in [3.8, 4) is 0 Å². The Hall–Kier alpha value is -1.75. The van der Waals surface area contributed by atoms with E-state index in [4.69, 9.17) is 9.31 Å². The van der Waals surface area contributed by atoms with E-state index < -0.39 is 12.7 Å². The Morgan fingerprint density at radius 1 is 1.44 bits per heavy atom. The third kappa shape index (κ3) is 1.71. The van der Waals surface area contributed by atoms with Gasteiger partial charge in [0, 0.05) is 5.69 Å². The molecule has 92 valence electrons. The van der Waals surface area contributed by atoms with Crippen LogP contribution in [0, 0.1) is 0 Å².